The molecule has 0 saturated carbocycles. The van der Waals surface area contributed by atoms with Crippen LogP contribution in [0.3, 0.4) is 0 Å². The van der Waals surface area contributed by atoms with Crippen LogP contribution in [0.25, 0.3) is 11.3 Å². The van der Waals surface area contributed by atoms with E-state index < -0.39 is 8.07 Å². The minimum Gasteiger partial charge on any atom is -0.653 e. The van der Waals surface area contributed by atoms with Crippen LogP contribution in [0.15, 0.2) is 30.7 Å². The molecule has 0 aliphatic carbocycles. The Hall–Kier alpha value is -1.15. The van der Waals surface area contributed by atoms with Crippen molar-refractivity contribution in [3.05, 3.63) is 30.7 Å². The normalized spacial score (nSPS) is 15.2. The molecule has 17 heavy (non-hydrogen) atoms. The van der Waals surface area contributed by atoms with E-state index in [1.165, 1.54) is 10.4 Å². The second-order valence-electron chi connectivity index (χ2n) is 4.71. The van der Waals surface area contributed by atoms with Gasteiger partial charge in [-0.15, -0.1) is 0 Å². The van der Waals surface area contributed by atoms with Crippen LogP contribution in [0.5, 0.6) is 5.75 Å². The van der Waals surface area contributed by atoms with Crippen molar-refractivity contribution in [2.75, 3.05) is 0 Å². The van der Waals surface area contributed by atoms with Gasteiger partial charge < -0.3 is 3.79 Å². The third-order valence-corrected chi connectivity index (χ3v) is 7.18. The van der Waals surface area contributed by atoms with Crippen LogP contribution in [0.4, 0.5) is 0 Å². The van der Waals surface area contributed by atoms with E-state index in [9.17, 15) is 0 Å². The third kappa shape index (κ3) is 1.40. The smallest absolute Gasteiger partial charge is 0.482 e. The lowest BCUT2D eigenvalue weighted by atomic mass is 10.1. The SMILES string of the molecule is C[Si]1(C)c2cncnc2-c2c([O][Al])cccc21. The predicted octanol–water partition coefficient (Wildman–Crippen LogP) is 0.742. The van der Waals surface area contributed by atoms with Crippen LogP contribution >= 0.6 is 0 Å². The number of rotatable bonds is 1. The lowest BCUT2D eigenvalue weighted by Gasteiger charge is -2.18. The summed E-state index contributed by atoms with van der Waals surface area (Å²) in [5.74, 6) is 0.880. The standard InChI is InChI=1S/C12H12N2OSi.Al/c1-16(2)9-5-3-4-8(15)11(9)12-10(16)6-13-7-14-12;/h3-7,15H,1-2H3;/q;+1/p-1. The minimum atomic E-state index is -1.64. The number of nitrogens with zero attached hydrogens (tertiary/aromatic N) is 2. The Kier molecular flexibility index (Phi) is 2.37. The van der Waals surface area contributed by atoms with E-state index in [2.05, 4.69) is 45.8 Å². The molecule has 5 heteroatoms. The van der Waals surface area contributed by atoms with Gasteiger partial charge in [0.1, 0.15) is 14.4 Å². The van der Waals surface area contributed by atoms with Gasteiger partial charge in [0.15, 0.2) is 0 Å². The molecule has 1 aliphatic heterocycles. The van der Waals surface area contributed by atoms with Crippen molar-refractivity contribution >= 4 is 35.1 Å². The van der Waals surface area contributed by atoms with Crippen LogP contribution in [0.2, 0.25) is 13.1 Å². The molecule has 1 aliphatic rings. The molecule has 1 aromatic heterocycles. The summed E-state index contributed by atoms with van der Waals surface area (Å²) in [5.41, 5.74) is 2.20. The molecule has 0 N–H and O–H groups in total. The molecule has 0 spiro atoms. The second kappa shape index (κ2) is 3.67. The Morgan fingerprint density at radius 3 is 2.82 bits per heavy atom. The average Bonchev–Trinajstić information content (AvgIpc) is 2.60. The van der Waals surface area contributed by atoms with Crippen molar-refractivity contribution in [1.29, 1.82) is 0 Å². The van der Waals surface area contributed by atoms with Crippen LogP contribution in [0.1, 0.15) is 0 Å². The first-order valence-corrected chi connectivity index (χ1v) is 8.94. The molecular formula is C12H11AlN2OSi. The molecule has 0 fully saturated rings. The number of fused-ring (bicyclic) bond motifs is 3. The molecule has 2 heterocycles. The Balaban J connectivity index is 2.41. The zero-order chi connectivity index (χ0) is 12.0. The van der Waals surface area contributed by atoms with Crippen molar-refractivity contribution in [3.63, 3.8) is 0 Å². The largest absolute Gasteiger partial charge is 0.653 e. The molecule has 3 rings (SSSR count). The molecule has 82 valence electrons. The fourth-order valence-corrected chi connectivity index (χ4v) is 5.57. The average molecular weight is 254 g/mol. The van der Waals surface area contributed by atoms with Crippen LogP contribution < -0.4 is 14.2 Å². The highest BCUT2D eigenvalue weighted by Crippen LogP contribution is 2.33. The van der Waals surface area contributed by atoms with E-state index in [-0.39, 0.29) is 0 Å². The van der Waals surface area contributed by atoms with Crippen molar-refractivity contribution in [2.45, 2.75) is 13.1 Å². The Bertz CT molecular complexity index is 601. The molecule has 0 atom stereocenters. The Morgan fingerprint density at radius 1 is 1.24 bits per heavy atom. The van der Waals surface area contributed by atoms with Crippen LogP contribution in [-0.4, -0.2) is 34.7 Å². The van der Waals surface area contributed by atoms with Gasteiger partial charge >= 0.3 is 16.6 Å². The highest BCUT2D eigenvalue weighted by molar-refractivity contribution is 7.03. The molecule has 3 nitrogen and oxygen atoms in total. The topological polar surface area (TPSA) is 35.0 Å². The molecule has 0 unspecified atom stereocenters. The monoisotopic (exact) mass is 254 g/mol. The molecule has 1 aromatic carbocycles. The van der Waals surface area contributed by atoms with Gasteiger partial charge in [-0.2, -0.15) is 0 Å². The Morgan fingerprint density at radius 2 is 2.06 bits per heavy atom. The first kappa shape index (κ1) is 11.0. The lowest BCUT2D eigenvalue weighted by molar-refractivity contribution is 0.619. The summed E-state index contributed by atoms with van der Waals surface area (Å²) in [6.07, 6.45) is 3.57. The van der Waals surface area contributed by atoms with Gasteiger partial charge in [-0.3, -0.25) is 0 Å². The van der Waals surface area contributed by atoms with E-state index in [1.807, 2.05) is 18.3 Å². The van der Waals surface area contributed by atoms with Crippen molar-refractivity contribution < 1.29 is 3.79 Å². The molecule has 0 bridgehead atoms. The van der Waals surface area contributed by atoms with E-state index in [0.717, 1.165) is 17.0 Å². The van der Waals surface area contributed by atoms with E-state index in [0.29, 0.717) is 0 Å². The van der Waals surface area contributed by atoms with Crippen molar-refractivity contribution in [2.24, 2.45) is 0 Å². The number of hydrogen-bond acceptors (Lipinski definition) is 3. The number of aromatic nitrogens is 2. The summed E-state index contributed by atoms with van der Waals surface area (Å²) < 4.78 is 5.39. The van der Waals surface area contributed by atoms with E-state index in [4.69, 9.17) is 3.79 Å². The summed E-state index contributed by atoms with van der Waals surface area (Å²) in [7, 11) is -1.64. The summed E-state index contributed by atoms with van der Waals surface area (Å²) >= 11 is 2.32. The maximum absolute atomic E-state index is 5.39. The lowest BCUT2D eigenvalue weighted by Crippen LogP contribution is -2.49. The van der Waals surface area contributed by atoms with Gasteiger partial charge in [0.2, 0.25) is 0 Å². The van der Waals surface area contributed by atoms with Gasteiger partial charge in [-0.25, -0.2) is 9.97 Å². The van der Waals surface area contributed by atoms with Gasteiger partial charge in [0.05, 0.1) is 11.4 Å². The number of benzene rings is 1. The summed E-state index contributed by atoms with van der Waals surface area (Å²) in [4.78, 5) is 8.61. The molecular weight excluding hydrogens is 243 g/mol. The molecule has 2 aromatic rings. The van der Waals surface area contributed by atoms with Crippen molar-refractivity contribution in [1.82, 2.24) is 9.97 Å². The predicted molar refractivity (Wildman–Crippen MR) is 70.6 cm³/mol. The zero-order valence-electron chi connectivity index (χ0n) is 9.77. The Labute approximate surface area is 110 Å². The maximum atomic E-state index is 5.39. The van der Waals surface area contributed by atoms with Gasteiger partial charge in [-0.05, 0) is 16.4 Å². The van der Waals surface area contributed by atoms with Crippen LogP contribution in [0, 0.1) is 0 Å². The maximum Gasteiger partial charge on any atom is 0.482 e. The first-order valence-electron chi connectivity index (χ1n) is 5.47. The first-order chi connectivity index (χ1) is 8.16. The second-order valence-corrected chi connectivity index (χ2v) is 9.27. The molecule has 0 saturated heterocycles. The van der Waals surface area contributed by atoms with Crippen molar-refractivity contribution in [3.8, 4) is 17.0 Å². The third-order valence-electron chi connectivity index (χ3n) is 3.45. The highest BCUT2D eigenvalue weighted by atomic mass is 28.3. The van der Waals surface area contributed by atoms with Gasteiger partial charge in [0.25, 0.3) is 0 Å². The van der Waals surface area contributed by atoms with Gasteiger partial charge in [-0.1, -0.05) is 25.2 Å². The van der Waals surface area contributed by atoms with E-state index >= 15 is 0 Å². The summed E-state index contributed by atoms with van der Waals surface area (Å²) in [5, 5.41) is 2.68. The number of hydrogen-bond donors (Lipinski definition) is 0. The quantitative estimate of drug-likeness (QED) is 0.704. The van der Waals surface area contributed by atoms with E-state index in [1.54, 1.807) is 6.33 Å². The fourth-order valence-electron chi connectivity index (χ4n) is 2.53. The zero-order valence-corrected chi connectivity index (χ0v) is 11.9. The van der Waals surface area contributed by atoms with Gasteiger partial charge in [0, 0.05) is 11.8 Å². The minimum absolute atomic E-state index is 0.880. The molecule has 0 amide bonds. The fraction of sp³-hybridized carbons (Fsp3) is 0.167. The highest BCUT2D eigenvalue weighted by Gasteiger charge is 2.39. The summed E-state index contributed by atoms with van der Waals surface area (Å²) in [6, 6.07) is 6.22. The molecule has 2 radical (unpaired) electrons. The summed E-state index contributed by atoms with van der Waals surface area (Å²) in [6.45, 7) is 4.65. The van der Waals surface area contributed by atoms with Crippen LogP contribution in [-0.2, 0) is 0 Å².